The summed E-state index contributed by atoms with van der Waals surface area (Å²) in [4.78, 5) is 17.0. The van der Waals surface area contributed by atoms with Crippen molar-refractivity contribution < 1.29 is 9.53 Å². The molecule has 0 aliphatic carbocycles. The van der Waals surface area contributed by atoms with Crippen LogP contribution in [0, 0.1) is 19.3 Å². The first kappa shape index (κ1) is 23.4. The van der Waals surface area contributed by atoms with Gasteiger partial charge in [0.2, 0.25) is 5.91 Å². The van der Waals surface area contributed by atoms with Gasteiger partial charge in [0, 0.05) is 38.2 Å². The van der Waals surface area contributed by atoms with E-state index in [4.69, 9.17) is 10.5 Å². The van der Waals surface area contributed by atoms with Crippen LogP contribution < -0.4 is 11.1 Å². The summed E-state index contributed by atoms with van der Waals surface area (Å²) in [5.41, 5.74) is 8.30. The van der Waals surface area contributed by atoms with Gasteiger partial charge in [0.15, 0.2) is 5.82 Å². The zero-order chi connectivity index (χ0) is 17.9. The van der Waals surface area contributed by atoms with Gasteiger partial charge in [0.1, 0.15) is 0 Å². The minimum absolute atomic E-state index is 0. The van der Waals surface area contributed by atoms with E-state index in [9.17, 15) is 4.79 Å². The molecule has 3 N–H and O–H groups in total. The summed E-state index contributed by atoms with van der Waals surface area (Å²) in [5, 5.41) is 7.42. The fourth-order valence-corrected chi connectivity index (χ4v) is 3.16. The fourth-order valence-electron chi connectivity index (χ4n) is 3.16. The monoisotopic (exact) mass is 415 g/mol. The van der Waals surface area contributed by atoms with Crippen molar-refractivity contribution in [1.29, 1.82) is 0 Å². The summed E-state index contributed by atoms with van der Waals surface area (Å²) in [6.07, 6.45) is 3.11. The van der Waals surface area contributed by atoms with E-state index in [1.807, 2.05) is 36.7 Å². The minimum Gasteiger partial charge on any atom is -0.381 e. The van der Waals surface area contributed by atoms with Gasteiger partial charge in [-0.15, -0.1) is 24.8 Å². The van der Waals surface area contributed by atoms with Crippen molar-refractivity contribution >= 4 is 30.7 Å². The number of halogens is 2. The maximum atomic E-state index is 12.6. The van der Waals surface area contributed by atoms with E-state index in [0.717, 1.165) is 22.8 Å². The van der Waals surface area contributed by atoms with Crippen LogP contribution in [0.25, 0.3) is 5.82 Å². The molecule has 1 aliphatic rings. The molecule has 2 aromatic heterocycles. The molecule has 3 heterocycles. The van der Waals surface area contributed by atoms with Crippen molar-refractivity contribution in [3.63, 3.8) is 0 Å². The molecule has 3 rings (SSSR count). The zero-order valence-electron chi connectivity index (χ0n) is 15.6. The lowest BCUT2D eigenvalue weighted by molar-refractivity contribution is -0.136. The van der Waals surface area contributed by atoms with Crippen molar-refractivity contribution in [1.82, 2.24) is 20.1 Å². The largest absolute Gasteiger partial charge is 0.381 e. The lowest BCUT2D eigenvalue weighted by Gasteiger charge is -2.34. The van der Waals surface area contributed by atoms with Crippen LogP contribution in [0.15, 0.2) is 24.4 Å². The Morgan fingerprint density at radius 2 is 2.00 bits per heavy atom. The van der Waals surface area contributed by atoms with E-state index in [1.54, 1.807) is 6.20 Å². The first-order valence-electron chi connectivity index (χ1n) is 8.59. The molecule has 1 fully saturated rings. The van der Waals surface area contributed by atoms with Gasteiger partial charge < -0.3 is 15.8 Å². The number of nitrogens with zero attached hydrogens (tertiary/aromatic N) is 3. The molecular formula is C18H27Cl2N5O2. The van der Waals surface area contributed by atoms with Gasteiger partial charge in [0.25, 0.3) is 0 Å². The number of pyridine rings is 1. The van der Waals surface area contributed by atoms with Crippen LogP contribution in [-0.4, -0.2) is 40.4 Å². The number of hydrogen-bond donors (Lipinski definition) is 2. The summed E-state index contributed by atoms with van der Waals surface area (Å²) in [6, 6.07) is 5.88. The number of rotatable bonds is 5. The van der Waals surface area contributed by atoms with Crippen molar-refractivity contribution in [2.24, 2.45) is 11.1 Å². The van der Waals surface area contributed by atoms with E-state index in [0.29, 0.717) is 39.1 Å². The van der Waals surface area contributed by atoms with Gasteiger partial charge >= 0.3 is 0 Å². The number of hydrogen-bond acceptors (Lipinski definition) is 5. The third-order valence-electron chi connectivity index (χ3n) is 4.81. The van der Waals surface area contributed by atoms with Gasteiger partial charge in [-0.1, -0.05) is 6.07 Å². The Kier molecular flexibility index (Phi) is 8.68. The van der Waals surface area contributed by atoms with Crippen LogP contribution in [0.4, 0.5) is 0 Å². The van der Waals surface area contributed by atoms with Crippen LogP contribution in [0.5, 0.6) is 0 Å². The van der Waals surface area contributed by atoms with E-state index < -0.39 is 5.41 Å². The predicted molar refractivity (Wildman–Crippen MR) is 109 cm³/mol. The Morgan fingerprint density at radius 3 is 2.52 bits per heavy atom. The second-order valence-corrected chi connectivity index (χ2v) is 6.64. The molecule has 1 aliphatic heterocycles. The third-order valence-corrected chi connectivity index (χ3v) is 4.81. The van der Waals surface area contributed by atoms with E-state index in [1.165, 1.54) is 0 Å². The Labute approximate surface area is 171 Å². The number of nitrogens with two attached hydrogens (primary N) is 1. The Morgan fingerprint density at radius 1 is 1.30 bits per heavy atom. The van der Waals surface area contributed by atoms with Crippen LogP contribution in [0.3, 0.4) is 0 Å². The van der Waals surface area contributed by atoms with Gasteiger partial charge in [-0.25, -0.2) is 9.67 Å². The number of carbonyl (C=O) groups is 1. The summed E-state index contributed by atoms with van der Waals surface area (Å²) in [7, 11) is 0. The maximum absolute atomic E-state index is 12.6. The van der Waals surface area contributed by atoms with Gasteiger partial charge in [-0.2, -0.15) is 5.10 Å². The number of aromatic nitrogens is 3. The van der Waals surface area contributed by atoms with E-state index in [2.05, 4.69) is 15.4 Å². The molecule has 0 aromatic carbocycles. The van der Waals surface area contributed by atoms with Crippen molar-refractivity contribution in [3.8, 4) is 5.82 Å². The molecule has 1 saturated heterocycles. The van der Waals surface area contributed by atoms with Crippen LogP contribution in [-0.2, 0) is 16.1 Å². The summed E-state index contributed by atoms with van der Waals surface area (Å²) in [6.45, 7) is 5.91. The van der Waals surface area contributed by atoms with Crippen LogP contribution >= 0.6 is 24.8 Å². The molecule has 150 valence electrons. The number of nitrogens with one attached hydrogen (secondary N) is 1. The Hall–Kier alpha value is -1.67. The van der Waals surface area contributed by atoms with E-state index in [-0.39, 0.29) is 30.7 Å². The molecule has 0 radical (unpaired) electrons. The quantitative estimate of drug-likeness (QED) is 0.779. The standard InChI is InChI=1S/C18H25N5O2.2ClH/c1-13-9-14(2)23(22-13)16-4-3-15(10-20-16)11-21-17(24)18(12-19)5-7-25-8-6-18;;/h3-4,9-10H,5-8,11-12,19H2,1-2H3,(H,21,24);2*1H. The van der Waals surface area contributed by atoms with Gasteiger partial charge in [-0.05, 0) is 44.4 Å². The molecule has 7 nitrogen and oxygen atoms in total. The minimum atomic E-state index is -0.505. The van der Waals surface area contributed by atoms with Gasteiger partial charge in [-0.3, -0.25) is 4.79 Å². The highest BCUT2D eigenvalue weighted by Crippen LogP contribution is 2.29. The first-order valence-corrected chi connectivity index (χ1v) is 8.59. The second-order valence-electron chi connectivity index (χ2n) is 6.64. The zero-order valence-corrected chi connectivity index (χ0v) is 17.2. The smallest absolute Gasteiger partial charge is 0.227 e. The average molecular weight is 416 g/mol. The molecule has 0 bridgehead atoms. The molecule has 0 spiro atoms. The Balaban J connectivity index is 0.00000182. The van der Waals surface area contributed by atoms with Crippen molar-refractivity contribution in [2.45, 2.75) is 33.2 Å². The Bertz CT molecular complexity index is 743. The van der Waals surface area contributed by atoms with Crippen LogP contribution in [0.1, 0.15) is 29.8 Å². The van der Waals surface area contributed by atoms with Crippen LogP contribution in [0.2, 0.25) is 0 Å². The highest BCUT2D eigenvalue weighted by molar-refractivity contribution is 5.85. The highest BCUT2D eigenvalue weighted by atomic mass is 35.5. The molecule has 27 heavy (non-hydrogen) atoms. The van der Waals surface area contributed by atoms with Crippen molar-refractivity contribution in [2.75, 3.05) is 19.8 Å². The molecule has 9 heteroatoms. The fraction of sp³-hybridized carbons (Fsp3) is 0.500. The second kappa shape index (κ2) is 10.0. The molecule has 2 aromatic rings. The number of amides is 1. The van der Waals surface area contributed by atoms with Crippen molar-refractivity contribution in [3.05, 3.63) is 41.3 Å². The highest BCUT2D eigenvalue weighted by Gasteiger charge is 2.38. The van der Waals surface area contributed by atoms with E-state index >= 15 is 0 Å². The summed E-state index contributed by atoms with van der Waals surface area (Å²) >= 11 is 0. The predicted octanol–water partition coefficient (Wildman–Crippen LogP) is 2.10. The molecule has 1 amide bonds. The molecule has 0 saturated carbocycles. The molecular weight excluding hydrogens is 389 g/mol. The third kappa shape index (κ3) is 5.19. The molecule has 0 unspecified atom stereocenters. The summed E-state index contributed by atoms with van der Waals surface area (Å²) < 4.78 is 7.16. The normalized spacial score (nSPS) is 15.4. The number of carbonyl (C=O) groups excluding carboxylic acids is 1. The first-order chi connectivity index (χ1) is 12.0. The lowest BCUT2D eigenvalue weighted by Crippen LogP contribution is -2.48. The average Bonchev–Trinajstić information content (AvgIpc) is 2.99. The summed E-state index contributed by atoms with van der Waals surface area (Å²) in [5.74, 6) is 0.768. The lowest BCUT2D eigenvalue weighted by atomic mass is 9.79. The maximum Gasteiger partial charge on any atom is 0.227 e. The van der Waals surface area contributed by atoms with Gasteiger partial charge in [0.05, 0.1) is 11.1 Å². The SMILES string of the molecule is Cc1cc(C)n(-c2ccc(CNC(=O)C3(CN)CCOCC3)cn2)n1.Cl.Cl. The number of ether oxygens (including phenoxy) is 1. The number of aryl methyl sites for hydroxylation is 2. The topological polar surface area (TPSA) is 95.1 Å². The molecule has 0 atom stereocenters.